The largest absolute Gasteiger partial charge is 0.340 e. The molecule has 0 fully saturated rings. The summed E-state index contributed by atoms with van der Waals surface area (Å²) in [4.78, 5) is 29.2. The van der Waals surface area contributed by atoms with Gasteiger partial charge in [0, 0.05) is 29.9 Å². The molecule has 0 spiro atoms. The van der Waals surface area contributed by atoms with Crippen LogP contribution in [0.5, 0.6) is 0 Å². The fourth-order valence-electron chi connectivity index (χ4n) is 3.57. The average Bonchev–Trinajstić information content (AvgIpc) is 2.72. The van der Waals surface area contributed by atoms with E-state index in [0.29, 0.717) is 35.8 Å². The highest BCUT2D eigenvalue weighted by Crippen LogP contribution is 2.22. The Bertz CT molecular complexity index is 1280. The lowest BCUT2D eigenvalue weighted by Crippen LogP contribution is -2.15. The molecule has 29 heavy (non-hydrogen) atoms. The first-order valence-electron chi connectivity index (χ1n) is 9.47. The summed E-state index contributed by atoms with van der Waals surface area (Å²) in [7, 11) is 0. The Morgan fingerprint density at radius 3 is 2.69 bits per heavy atom. The van der Waals surface area contributed by atoms with Gasteiger partial charge in [0.05, 0.1) is 16.7 Å². The Morgan fingerprint density at radius 2 is 1.86 bits per heavy atom. The van der Waals surface area contributed by atoms with Gasteiger partial charge in [0.2, 0.25) is 5.91 Å². The second kappa shape index (κ2) is 8.05. The Morgan fingerprint density at radius 1 is 1.07 bits per heavy atom. The molecule has 0 atom stereocenters. The second-order valence-electron chi connectivity index (χ2n) is 7.01. The van der Waals surface area contributed by atoms with Crippen LogP contribution in [0.4, 0.5) is 5.69 Å². The van der Waals surface area contributed by atoms with Crippen molar-refractivity contribution in [2.24, 2.45) is 0 Å². The van der Waals surface area contributed by atoms with E-state index >= 15 is 0 Å². The highest BCUT2D eigenvalue weighted by atomic mass is 35.5. The third kappa shape index (κ3) is 3.87. The summed E-state index contributed by atoms with van der Waals surface area (Å²) in [6.07, 6.45) is 2.53. The minimum atomic E-state index is -0.120. The van der Waals surface area contributed by atoms with Crippen LogP contribution >= 0.6 is 11.6 Å². The molecule has 5 nitrogen and oxygen atoms in total. The van der Waals surface area contributed by atoms with Crippen molar-refractivity contribution in [2.75, 3.05) is 5.32 Å². The van der Waals surface area contributed by atoms with Crippen molar-refractivity contribution >= 4 is 45.0 Å². The zero-order valence-corrected chi connectivity index (χ0v) is 16.7. The quantitative estimate of drug-likeness (QED) is 0.378. The van der Waals surface area contributed by atoms with Crippen LogP contribution in [0.1, 0.15) is 18.4 Å². The third-order valence-electron chi connectivity index (χ3n) is 4.95. The highest BCUT2D eigenvalue weighted by molar-refractivity contribution is 6.32. The van der Waals surface area contributed by atoms with Gasteiger partial charge in [0.25, 0.3) is 0 Å². The molecule has 0 saturated heterocycles. The SMILES string of the molecule is Cc1ccc2c(c1)c(=O)c1ccccc1n2CCCC(=O)Nc1cccnc1Cl. The Labute approximate surface area is 173 Å². The van der Waals surface area contributed by atoms with Crippen LogP contribution in [0.25, 0.3) is 21.8 Å². The van der Waals surface area contributed by atoms with Crippen molar-refractivity contribution in [3.63, 3.8) is 0 Å². The van der Waals surface area contributed by atoms with E-state index < -0.39 is 0 Å². The van der Waals surface area contributed by atoms with Crippen LogP contribution < -0.4 is 10.7 Å². The smallest absolute Gasteiger partial charge is 0.224 e. The molecule has 2 aromatic carbocycles. The van der Waals surface area contributed by atoms with Crippen LogP contribution in [0.15, 0.2) is 65.6 Å². The van der Waals surface area contributed by atoms with Gasteiger partial charge in [-0.05, 0) is 49.7 Å². The maximum absolute atomic E-state index is 12.9. The molecule has 0 aliphatic heterocycles. The zero-order chi connectivity index (χ0) is 20.4. The molecule has 1 amide bonds. The first kappa shape index (κ1) is 19.2. The summed E-state index contributed by atoms with van der Waals surface area (Å²) in [6.45, 7) is 2.60. The van der Waals surface area contributed by atoms with Gasteiger partial charge in [-0.2, -0.15) is 0 Å². The minimum Gasteiger partial charge on any atom is -0.340 e. The molecule has 6 heteroatoms. The van der Waals surface area contributed by atoms with Crippen molar-refractivity contribution < 1.29 is 4.79 Å². The monoisotopic (exact) mass is 405 g/mol. The van der Waals surface area contributed by atoms with Crippen LogP contribution in [-0.2, 0) is 11.3 Å². The van der Waals surface area contributed by atoms with Crippen LogP contribution in [0, 0.1) is 6.92 Å². The first-order chi connectivity index (χ1) is 14.0. The lowest BCUT2D eigenvalue weighted by molar-refractivity contribution is -0.116. The topological polar surface area (TPSA) is 64.0 Å². The normalized spacial score (nSPS) is 11.1. The van der Waals surface area contributed by atoms with E-state index in [-0.39, 0.29) is 16.5 Å². The van der Waals surface area contributed by atoms with Crippen molar-refractivity contribution in [1.82, 2.24) is 9.55 Å². The zero-order valence-electron chi connectivity index (χ0n) is 16.0. The van der Waals surface area contributed by atoms with Gasteiger partial charge in [0.15, 0.2) is 10.6 Å². The van der Waals surface area contributed by atoms with Crippen LogP contribution in [-0.4, -0.2) is 15.5 Å². The summed E-state index contributed by atoms with van der Waals surface area (Å²) >= 11 is 6.00. The van der Waals surface area contributed by atoms with Crippen molar-refractivity contribution in [1.29, 1.82) is 0 Å². The molecule has 0 unspecified atom stereocenters. The molecular formula is C23H20ClN3O2. The molecule has 146 valence electrons. The van der Waals surface area contributed by atoms with Gasteiger partial charge >= 0.3 is 0 Å². The summed E-state index contributed by atoms with van der Waals surface area (Å²) in [5, 5.41) is 4.46. The minimum absolute atomic E-state index is 0.0412. The van der Waals surface area contributed by atoms with Gasteiger partial charge in [-0.3, -0.25) is 9.59 Å². The van der Waals surface area contributed by atoms with E-state index in [9.17, 15) is 9.59 Å². The molecule has 0 saturated carbocycles. The molecular weight excluding hydrogens is 386 g/mol. The number of carbonyl (C=O) groups is 1. The number of pyridine rings is 2. The fraction of sp³-hybridized carbons (Fsp3) is 0.174. The number of para-hydroxylation sites is 1. The number of fused-ring (bicyclic) bond motifs is 2. The molecule has 0 aliphatic carbocycles. The number of nitrogens with zero attached hydrogens (tertiary/aromatic N) is 2. The Balaban J connectivity index is 1.60. The number of hydrogen-bond acceptors (Lipinski definition) is 3. The van der Waals surface area contributed by atoms with Crippen molar-refractivity contribution in [3.05, 3.63) is 81.7 Å². The first-order valence-corrected chi connectivity index (χ1v) is 9.84. The molecule has 2 aromatic heterocycles. The second-order valence-corrected chi connectivity index (χ2v) is 7.37. The number of halogens is 1. The fourth-order valence-corrected chi connectivity index (χ4v) is 3.74. The van der Waals surface area contributed by atoms with E-state index in [2.05, 4.69) is 14.9 Å². The molecule has 1 N–H and O–H groups in total. The van der Waals surface area contributed by atoms with Crippen LogP contribution in [0.2, 0.25) is 5.15 Å². The molecule has 4 aromatic rings. The summed E-state index contributed by atoms with van der Waals surface area (Å²) in [6, 6.07) is 17.0. The number of rotatable bonds is 5. The number of nitrogens with one attached hydrogen (secondary N) is 1. The maximum Gasteiger partial charge on any atom is 0.224 e. The van der Waals surface area contributed by atoms with Gasteiger partial charge in [-0.15, -0.1) is 0 Å². The predicted octanol–water partition coefficient (Wildman–Crippen LogP) is 4.93. The van der Waals surface area contributed by atoms with E-state index in [1.807, 2.05) is 49.4 Å². The molecule has 2 heterocycles. The Kier molecular flexibility index (Phi) is 5.32. The van der Waals surface area contributed by atoms with E-state index in [0.717, 1.165) is 16.6 Å². The van der Waals surface area contributed by atoms with E-state index in [1.54, 1.807) is 18.3 Å². The van der Waals surface area contributed by atoms with Gasteiger partial charge in [0.1, 0.15) is 0 Å². The number of benzene rings is 2. The number of aromatic nitrogens is 2. The van der Waals surface area contributed by atoms with Crippen molar-refractivity contribution in [2.45, 2.75) is 26.3 Å². The summed E-state index contributed by atoms with van der Waals surface area (Å²) in [5.41, 5.74) is 3.36. The van der Waals surface area contributed by atoms with E-state index in [4.69, 9.17) is 11.6 Å². The summed E-state index contributed by atoms with van der Waals surface area (Å²) in [5.74, 6) is -0.120. The average molecular weight is 406 g/mol. The third-order valence-corrected chi connectivity index (χ3v) is 5.25. The Hall–Kier alpha value is -3.18. The standard InChI is InChI=1S/C23H20ClN3O2/c1-15-10-11-20-17(14-15)22(29)16-6-2-3-8-19(16)27(20)13-5-9-21(28)26-18-7-4-12-25-23(18)24/h2-4,6-8,10-12,14H,5,9,13H2,1H3,(H,26,28). The lowest BCUT2D eigenvalue weighted by Gasteiger charge is -2.15. The van der Waals surface area contributed by atoms with Crippen LogP contribution in [0.3, 0.4) is 0 Å². The number of amides is 1. The number of hydrogen-bond donors (Lipinski definition) is 1. The number of anilines is 1. The maximum atomic E-state index is 12.9. The number of carbonyl (C=O) groups excluding carboxylic acids is 1. The van der Waals surface area contributed by atoms with Crippen molar-refractivity contribution in [3.8, 4) is 0 Å². The molecule has 0 radical (unpaired) electrons. The summed E-state index contributed by atoms with van der Waals surface area (Å²) < 4.78 is 2.12. The van der Waals surface area contributed by atoms with Gasteiger partial charge in [-0.1, -0.05) is 35.4 Å². The predicted molar refractivity (Wildman–Crippen MR) is 118 cm³/mol. The molecule has 0 bridgehead atoms. The number of aryl methyl sites for hydroxylation is 2. The lowest BCUT2D eigenvalue weighted by atomic mass is 10.1. The van der Waals surface area contributed by atoms with Gasteiger partial charge < -0.3 is 9.88 Å². The molecule has 4 rings (SSSR count). The van der Waals surface area contributed by atoms with Gasteiger partial charge in [-0.25, -0.2) is 4.98 Å². The highest BCUT2D eigenvalue weighted by Gasteiger charge is 2.12. The van der Waals surface area contributed by atoms with E-state index in [1.165, 1.54) is 0 Å². The molecule has 0 aliphatic rings.